The van der Waals surface area contributed by atoms with Crippen LogP contribution in [0.5, 0.6) is 5.75 Å². The van der Waals surface area contributed by atoms with Gasteiger partial charge >= 0.3 is 0 Å². The Hall–Kier alpha value is -1.23. The Bertz CT molecular complexity index is 410. The van der Waals surface area contributed by atoms with Crippen LogP contribution in [0.25, 0.3) is 0 Å². The zero-order valence-corrected chi connectivity index (χ0v) is 12.6. The van der Waals surface area contributed by atoms with Gasteiger partial charge in [-0.3, -0.25) is 4.79 Å². The van der Waals surface area contributed by atoms with E-state index in [9.17, 15) is 4.79 Å². The molecule has 0 saturated heterocycles. The molecule has 0 fully saturated rings. The van der Waals surface area contributed by atoms with Gasteiger partial charge in [0.15, 0.2) is 0 Å². The van der Waals surface area contributed by atoms with Crippen molar-refractivity contribution >= 4 is 27.5 Å². The first kappa shape index (κ1) is 14.8. The van der Waals surface area contributed by atoms with Crippen LogP contribution in [0.2, 0.25) is 0 Å². The molecule has 18 heavy (non-hydrogen) atoms. The Morgan fingerprint density at radius 1 is 1.44 bits per heavy atom. The van der Waals surface area contributed by atoms with Crippen molar-refractivity contribution in [1.82, 2.24) is 4.90 Å². The standard InChI is InChI=1S/C13H19BrN2O2/c1-9-7-10(14)8-11(15)13(9)18-6-4-5-12(17)16(2)3/h7-8H,4-6,15H2,1-3H3. The number of hydrogen-bond acceptors (Lipinski definition) is 3. The van der Waals surface area contributed by atoms with Crippen molar-refractivity contribution in [2.75, 3.05) is 26.4 Å². The fourth-order valence-corrected chi connectivity index (χ4v) is 2.16. The molecule has 1 amide bonds. The van der Waals surface area contributed by atoms with Crippen molar-refractivity contribution in [3.05, 3.63) is 22.2 Å². The van der Waals surface area contributed by atoms with Crippen LogP contribution in [-0.4, -0.2) is 31.5 Å². The molecule has 0 aliphatic rings. The Kier molecular flexibility index (Phi) is 5.47. The van der Waals surface area contributed by atoms with Crippen molar-refractivity contribution in [2.24, 2.45) is 0 Å². The molecule has 0 atom stereocenters. The zero-order valence-electron chi connectivity index (χ0n) is 11.0. The lowest BCUT2D eigenvalue weighted by molar-refractivity contribution is -0.128. The molecule has 4 nitrogen and oxygen atoms in total. The average Bonchev–Trinajstić information content (AvgIpc) is 2.26. The molecule has 0 radical (unpaired) electrons. The van der Waals surface area contributed by atoms with Crippen LogP contribution in [0, 0.1) is 6.92 Å². The van der Waals surface area contributed by atoms with Crippen molar-refractivity contribution in [2.45, 2.75) is 19.8 Å². The molecule has 1 rings (SSSR count). The predicted molar refractivity (Wildman–Crippen MR) is 76.7 cm³/mol. The number of halogens is 1. The minimum absolute atomic E-state index is 0.110. The summed E-state index contributed by atoms with van der Waals surface area (Å²) in [5.41, 5.74) is 7.48. The number of anilines is 1. The highest BCUT2D eigenvalue weighted by Gasteiger charge is 2.07. The highest BCUT2D eigenvalue weighted by atomic mass is 79.9. The third-order valence-electron chi connectivity index (χ3n) is 2.55. The van der Waals surface area contributed by atoms with Crippen molar-refractivity contribution in [3.8, 4) is 5.75 Å². The van der Waals surface area contributed by atoms with E-state index in [0.29, 0.717) is 30.9 Å². The van der Waals surface area contributed by atoms with E-state index in [2.05, 4.69) is 15.9 Å². The second kappa shape index (κ2) is 6.64. The maximum absolute atomic E-state index is 11.4. The second-order valence-corrected chi connectivity index (χ2v) is 5.30. The summed E-state index contributed by atoms with van der Waals surface area (Å²) >= 11 is 3.38. The summed E-state index contributed by atoms with van der Waals surface area (Å²) in [6.45, 7) is 2.44. The molecular weight excluding hydrogens is 296 g/mol. The summed E-state index contributed by atoms with van der Waals surface area (Å²) in [4.78, 5) is 13.0. The molecule has 0 bridgehead atoms. The summed E-state index contributed by atoms with van der Waals surface area (Å²) < 4.78 is 6.57. The predicted octanol–water partition coefficient (Wildman–Crippen LogP) is 2.59. The van der Waals surface area contributed by atoms with Gasteiger partial charge in [-0.15, -0.1) is 0 Å². The normalized spacial score (nSPS) is 10.2. The summed E-state index contributed by atoms with van der Waals surface area (Å²) in [6.07, 6.45) is 1.18. The van der Waals surface area contributed by atoms with Crippen LogP contribution in [0.3, 0.4) is 0 Å². The number of amides is 1. The maximum atomic E-state index is 11.4. The Labute approximate surface area is 116 Å². The minimum Gasteiger partial charge on any atom is -0.491 e. The Morgan fingerprint density at radius 2 is 2.11 bits per heavy atom. The molecule has 0 aromatic heterocycles. The fraction of sp³-hybridized carbons (Fsp3) is 0.462. The molecule has 0 aliphatic heterocycles. The number of benzene rings is 1. The molecule has 0 spiro atoms. The van der Waals surface area contributed by atoms with Crippen molar-refractivity contribution in [1.29, 1.82) is 0 Å². The van der Waals surface area contributed by atoms with E-state index in [1.54, 1.807) is 19.0 Å². The first-order chi connectivity index (χ1) is 8.41. The minimum atomic E-state index is 0.110. The van der Waals surface area contributed by atoms with Gasteiger partial charge in [0.1, 0.15) is 5.75 Å². The number of aryl methyl sites for hydroxylation is 1. The molecule has 0 saturated carbocycles. The molecule has 5 heteroatoms. The van der Waals surface area contributed by atoms with E-state index >= 15 is 0 Å². The van der Waals surface area contributed by atoms with Gasteiger partial charge in [0.2, 0.25) is 5.91 Å². The van der Waals surface area contributed by atoms with E-state index in [0.717, 1.165) is 10.0 Å². The first-order valence-electron chi connectivity index (χ1n) is 5.80. The van der Waals surface area contributed by atoms with Gasteiger partial charge in [0, 0.05) is 25.0 Å². The number of ether oxygens (including phenoxy) is 1. The van der Waals surface area contributed by atoms with Gasteiger partial charge < -0.3 is 15.4 Å². The smallest absolute Gasteiger partial charge is 0.222 e. The van der Waals surface area contributed by atoms with Crippen LogP contribution < -0.4 is 10.5 Å². The first-order valence-corrected chi connectivity index (χ1v) is 6.59. The molecule has 0 aliphatic carbocycles. The van der Waals surface area contributed by atoms with E-state index in [1.807, 2.05) is 19.1 Å². The zero-order chi connectivity index (χ0) is 13.7. The van der Waals surface area contributed by atoms with E-state index in [-0.39, 0.29) is 5.91 Å². The van der Waals surface area contributed by atoms with Crippen LogP contribution >= 0.6 is 15.9 Å². The summed E-state index contributed by atoms with van der Waals surface area (Å²) in [7, 11) is 3.50. The monoisotopic (exact) mass is 314 g/mol. The lowest BCUT2D eigenvalue weighted by Crippen LogP contribution is -2.21. The van der Waals surface area contributed by atoms with Crippen LogP contribution in [-0.2, 0) is 4.79 Å². The summed E-state index contributed by atoms with van der Waals surface area (Å²) in [5.74, 6) is 0.814. The number of nitrogens with two attached hydrogens (primary N) is 1. The fourth-order valence-electron chi connectivity index (χ4n) is 1.57. The molecule has 1 aromatic rings. The molecule has 2 N–H and O–H groups in total. The van der Waals surface area contributed by atoms with Crippen LogP contribution in [0.15, 0.2) is 16.6 Å². The molecule has 1 aromatic carbocycles. The molecule has 100 valence electrons. The Morgan fingerprint density at radius 3 is 2.67 bits per heavy atom. The topological polar surface area (TPSA) is 55.6 Å². The van der Waals surface area contributed by atoms with Gasteiger partial charge in [-0.25, -0.2) is 0 Å². The molecule has 0 heterocycles. The highest BCUT2D eigenvalue weighted by molar-refractivity contribution is 9.10. The third kappa shape index (κ3) is 4.22. The van der Waals surface area contributed by atoms with Crippen molar-refractivity contribution in [3.63, 3.8) is 0 Å². The number of hydrogen-bond donors (Lipinski definition) is 1. The molecule has 0 unspecified atom stereocenters. The SMILES string of the molecule is Cc1cc(Br)cc(N)c1OCCCC(=O)N(C)C. The van der Waals surface area contributed by atoms with E-state index in [4.69, 9.17) is 10.5 Å². The van der Waals surface area contributed by atoms with E-state index in [1.165, 1.54) is 0 Å². The summed E-state index contributed by atoms with van der Waals surface area (Å²) in [5, 5.41) is 0. The van der Waals surface area contributed by atoms with Gasteiger partial charge in [0.25, 0.3) is 0 Å². The quantitative estimate of drug-likeness (QED) is 0.671. The number of nitrogen functional groups attached to an aromatic ring is 1. The van der Waals surface area contributed by atoms with Crippen molar-refractivity contribution < 1.29 is 9.53 Å². The second-order valence-electron chi connectivity index (χ2n) is 4.38. The lowest BCUT2D eigenvalue weighted by Gasteiger charge is -2.13. The average molecular weight is 315 g/mol. The summed E-state index contributed by atoms with van der Waals surface area (Å²) in [6, 6.07) is 3.77. The van der Waals surface area contributed by atoms with Gasteiger partial charge in [-0.1, -0.05) is 15.9 Å². The maximum Gasteiger partial charge on any atom is 0.222 e. The van der Waals surface area contributed by atoms with Crippen LogP contribution in [0.4, 0.5) is 5.69 Å². The number of rotatable bonds is 5. The molecular formula is C13H19BrN2O2. The lowest BCUT2D eigenvalue weighted by atomic mass is 10.2. The van der Waals surface area contributed by atoms with Crippen LogP contribution in [0.1, 0.15) is 18.4 Å². The van der Waals surface area contributed by atoms with E-state index < -0.39 is 0 Å². The largest absolute Gasteiger partial charge is 0.491 e. The van der Waals surface area contributed by atoms with Gasteiger partial charge in [-0.05, 0) is 31.0 Å². The van der Waals surface area contributed by atoms with Gasteiger partial charge in [0.05, 0.1) is 12.3 Å². The highest BCUT2D eigenvalue weighted by Crippen LogP contribution is 2.30. The van der Waals surface area contributed by atoms with Gasteiger partial charge in [-0.2, -0.15) is 0 Å². The number of carbonyl (C=O) groups is 1. The third-order valence-corrected chi connectivity index (χ3v) is 3.01. The Balaban J connectivity index is 2.47. The number of carbonyl (C=O) groups excluding carboxylic acids is 1. The number of nitrogens with zero attached hydrogens (tertiary/aromatic N) is 1.